The summed E-state index contributed by atoms with van der Waals surface area (Å²) in [4.78, 5) is 33.5. The summed E-state index contributed by atoms with van der Waals surface area (Å²) in [5.74, 6) is 0.293. The Morgan fingerprint density at radius 1 is 0.979 bits per heavy atom. The molecular weight excluding hydrogens is 651 g/mol. The van der Waals surface area contributed by atoms with Crippen molar-refractivity contribution in [1.29, 1.82) is 0 Å². The molecule has 10 heteroatoms. The lowest BCUT2D eigenvalue weighted by Gasteiger charge is -2.25. The number of nitrogens with zero attached hydrogens (tertiary/aromatic N) is 3. The fourth-order valence-electron chi connectivity index (χ4n) is 5.96. The molecule has 1 aliphatic heterocycles. The second kappa shape index (κ2) is 12.7. The second-order valence-corrected chi connectivity index (χ2v) is 13.0. The Kier molecular flexibility index (Phi) is 8.32. The summed E-state index contributed by atoms with van der Waals surface area (Å²) in [6.45, 7) is 2.38. The van der Waals surface area contributed by atoms with Gasteiger partial charge in [-0.15, -0.1) is 0 Å². The first kappa shape index (κ1) is 30.7. The number of nitrogens with one attached hydrogen (secondary N) is 1. The van der Waals surface area contributed by atoms with Gasteiger partial charge in [-0.3, -0.25) is 14.2 Å². The number of carbonyl (C=O) groups excluding carboxylic acids is 1. The Hall–Kier alpha value is -4.89. The molecule has 4 aromatic carbocycles. The molecule has 0 aliphatic carbocycles. The quantitative estimate of drug-likeness (QED) is 0.194. The van der Waals surface area contributed by atoms with E-state index in [1.165, 1.54) is 11.3 Å². The number of benzene rings is 4. The lowest BCUT2D eigenvalue weighted by molar-refractivity contribution is -0.113. The maximum absolute atomic E-state index is 14.4. The number of halogens is 2. The Balaban J connectivity index is 1.36. The molecule has 1 N–H and O–H groups in total. The molecule has 1 amide bonds. The topological polar surface area (TPSA) is 77.6 Å². The molecule has 7 nitrogen and oxygen atoms in total. The Labute approximate surface area is 284 Å². The smallest absolute Gasteiger partial charge is 0.271 e. The highest BCUT2D eigenvalue weighted by atomic mass is 35.5. The molecule has 2 aromatic heterocycles. The minimum absolute atomic E-state index is 0.236. The van der Waals surface area contributed by atoms with E-state index in [-0.39, 0.29) is 11.5 Å². The van der Waals surface area contributed by atoms with Gasteiger partial charge in [0.2, 0.25) is 0 Å². The maximum atomic E-state index is 14.4. The van der Waals surface area contributed by atoms with E-state index in [1.54, 1.807) is 24.7 Å². The number of rotatable bonds is 7. The molecule has 0 spiro atoms. The summed E-state index contributed by atoms with van der Waals surface area (Å²) in [5.41, 5.74) is 4.99. The molecule has 0 saturated heterocycles. The van der Waals surface area contributed by atoms with Gasteiger partial charge in [-0.05, 0) is 66.6 Å². The summed E-state index contributed by atoms with van der Waals surface area (Å²) in [6.07, 6.45) is 3.94. The third kappa shape index (κ3) is 5.91. The van der Waals surface area contributed by atoms with Crippen molar-refractivity contribution in [2.45, 2.75) is 19.5 Å². The van der Waals surface area contributed by atoms with Crippen LogP contribution in [0.1, 0.15) is 29.7 Å². The van der Waals surface area contributed by atoms with Crippen LogP contribution in [0.25, 0.3) is 17.0 Å². The molecule has 1 atom stereocenters. The number of fused-ring (bicyclic) bond motifs is 2. The van der Waals surface area contributed by atoms with Crippen LogP contribution in [0.5, 0.6) is 5.75 Å². The van der Waals surface area contributed by atoms with Crippen LogP contribution in [-0.4, -0.2) is 22.2 Å². The molecule has 1 aliphatic rings. The highest BCUT2D eigenvalue weighted by Crippen LogP contribution is 2.33. The van der Waals surface area contributed by atoms with Gasteiger partial charge in [-0.1, -0.05) is 89.1 Å². The molecule has 0 radical (unpaired) electrons. The Bertz CT molecular complexity index is 2390. The standard InChI is InChI=1S/C37H28Cl2N4O3S/c1-22-33(35(44)41-26-10-4-3-5-11-26)34(24-9-8-12-27(18-24)46-2)43-36(45)32(47-37(43)40-22)19-25-21-42(31-14-7-6-13-28(25)31)20-23-15-16-29(38)30(39)17-23/h3-19,21,34H,20H2,1-2H3,(H,41,44)/b32-19+. The van der Waals surface area contributed by atoms with Gasteiger partial charge in [-0.2, -0.15) is 0 Å². The average Bonchev–Trinajstić information content (AvgIpc) is 3.58. The van der Waals surface area contributed by atoms with Gasteiger partial charge < -0.3 is 14.6 Å². The first-order valence-electron chi connectivity index (χ1n) is 14.9. The predicted molar refractivity (Wildman–Crippen MR) is 189 cm³/mol. The van der Waals surface area contributed by atoms with Crippen molar-refractivity contribution in [2.75, 3.05) is 12.4 Å². The van der Waals surface area contributed by atoms with Crippen LogP contribution in [0.3, 0.4) is 0 Å². The highest BCUT2D eigenvalue weighted by Gasteiger charge is 2.33. The van der Waals surface area contributed by atoms with E-state index >= 15 is 0 Å². The van der Waals surface area contributed by atoms with Crippen LogP contribution in [-0.2, 0) is 11.3 Å². The van der Waals surface area contributed by atoms with Crippen LogP contribution < -0.4 is 24.9 Å². The van der Waals surface area contributed by atoms with E-state index < -0.39 is 6.04 Å². The van der Waals surface area contributed by atoms with E-state index in [0.717, 1.165) is 27.6 Å². The van der Waals surface area contributed by atoms with E-state index in [2.05, 4.69) is 16.0 Å². The normalized spacial score (nSPS) is 14.6. The predicted octanol–water partition coefficient (Wildman–Crippen LogP) is 7.19. The molecule has 3 heterocycles. The van der Waals surface area contributed by atoms with Crippen molar-refractivity contribution in [3.05, 3.63) is 161 Å². The number of para-hydroxylation sites is 2. The zero-order valence-electron chi connectivity index (χ0n) is 25.4. The second-order valence-electron chi connectivity index (χ2n) is 11.2. The number of ether oxygens (including phenoxy) is 1. The summed E-state index contributed by atoms with van der Waals surface area (Å²) < 4.78 is 9.77. The van der Waals surface area contributed by atoms with Crippen LogP contribution in [0, 0.1) is 0 Å². The van der Waals surface area contributed by atoms with Gasteiger partial charge in [0, 0.05) is 34.9 Å². The lowest BCUT2D eigenvalue weighted by atomic mass is 9.95. The zero-order chi connectivity index (χ0) is 32.7. The van der Waals surface area contributed by atoms with Gasteiger partial charge in [0.15, 0.2) is 4.80 Å². The SMILES string of the molecule is COc1cccc(C2C(C(=O)Nc3ccccc3)=C(C)N=c3s/c(=C/c4cn(Cc5ccc(Cl)c(Cl)c5)c5ccccc45)c(=O)n32)c1. The molecule has 1 unspecified atom stereocenters. The van der Waals surface area contributed by atoms with Gasteiger partial charge in [-0.25, -0.2) is 4.99 Å². The maximum Gasteiger partial charge on any atom is 0.271 e. The van der Waals surface area contributed by atoms with E-state index in [4.69, 9.17) is 32.9 Å². The monoisotopic (exact) mass is 678 g/mol. The highest BCUT2D eigenvalue weighted by molar-refractivity contribution is 7.07. The minimum atomic E-state index is -0.719. The summed E-state index contributed by atoms with van der Waals surface area (Å²) in [6, 6.07) is 29.6. The third-order valence-electron chi connectivity index (χ3n) is 8.15. The van der Waals surface area contributed by atoms with Gasteiger partial charge >= 0.3 is 0 Å². The van der Waals surface area contributed by atoms with Gasteiger partial charge in [0.1, 0.15) is 5.75 Å². The van der Waals surface area contributed by atoms with E-state index in [9.17, 15) is 9.59 Å². The molecule has 0 bridgehead atoms. The van der Waals surface area contributed by atoms with Crippen LogP contribution in [0.4, 0.5) is 5.69 Å². The molecule has 6 aromatic rings. The number of aromatic nitrogens is 2. The molecule has 0 fully saturated rings. The van der Waals surface area contributed by atoms with E-state index in [1.807, 2.05) is 97.2 Å². The number of hydrogen-bond donors (Lipinski definition) is 1. The lowest BCUT2D eigenvalue weighted by Crippen LogP contribution is -2.40. The number of hydrogen-bond acceptors (Lipinski definition) is 5. The van der Waals surface area contributed by atoms with Crippen LogP contribution in [0.15, 0.2) is 124 Å². The third-order valence-corrected chi connectivity index (χ3v) is 9.87. The number of methoxy groups -OCH3 is 1. The van der Waals surface area contributed by atoms with Crippen molar-refractivity contribution < 1.29 is 9.53 Å². The van der Waals surface area contributed by atoms with Crippen molar-refractivity contribution in [1.82, 2.24) is 9.13 Å². The van der Waals surface area contributed by atoms with Crippen molar-refractivity contribution in [3.8, 4) is 5.75 Å². The van der Waals surface area contributed by atoms with Crippen molar-refractivity contribution in [2.24, 2.45) is 4.99 Å². The number of allylic oxidation sites excluding steroid dienone is 1. The molecule has 0 saturated carbocycles. The first-order chi connectivity index (χ1) is 22.8. The van der Waals surface area contributed by atoms with Gasteiger partial charge in [0.05, 0.1) is 39.0 Å². The summed E-state index contributed by atoms with van der Waals surface area (Å²) in [5, 5.41) is 5.00. The van der Waals surface area contributed by atoms with Gasteiger partial charge in [0.25, 0.3) is 11.5 Å². The number of thiazole rings is 1. The Morgan fingerprint density at radius 2 is 1.77 bits per heavy atom. The van der Waals surface area contributed by atoms with E-state index in [0.29, 0.717) is 48.6 Å². The molecule has 7 rings (SSSR count). The van der Waals surface area contributed by atoms with Crippen LogP contribution >= 0.6 is 34.5 Å². The minimum Gasteiger partial charge on any atom is -0.497 e. The number of carbonyl (C=O) groups is 1. The molecular formula is C37H28Cl2N4O3S. The number of amides is 1. The molecule has 234 valence electrons. The first-order valence-corrected chi connectivity index (χ1v) is 16.4. The summed E-state index contributed by atoms with van der Waals surface area (Å²) >= 11 is 13.8. The number of anilines is 1. The fraction of sp³-hybridized carbons (Fsp3) is 0.108. The Morgan fingerprint density at radius 3 is 2.55 bits per heavy atom. The fourth-order valence-corrected chi connectivity index (χ4v) is 7.31. The largest absolute Gasteiger partial charge is 0.497 e. The summed E-state index contributed by atoms with van der Waals surface area (Å²) in [7, 11) is 1.59. The van der Waals surface area contributed by atoms with Crippen LogP contribution in [0.2, 0.25) is 10.0 Å². The van der Waals surface area contributed by atoms with Crippen molar-refractivity contribution in [3.63, 3.8) is 0 Å². The van der Waals surface area contributed by atoms with Crippen molar-refractivity contribution >= 4 is 63.1 Å². The zero-order valence-corrected chi connectivity index (χ0v) is 27.7. The molecule has 47 heavy (non-hydrogen) atoms. The average molecular weight is 680 g/mol.